The molecule has 13 heavy (non-hydrogen) atoms. The van der Waals surface area contributed by atoms with Crippen molar-refractivity contribution in [3.8, 4) is 5.75 Å². The van der Waals surface area contributed by atoms with Gasteiger partial charge in [-0.25, -0.2) is 4.79 Å². The van der Waals surface area contributed by atoms with E-state index in [1.54, 1.807) is 24.3 Å². The summed E-state index contributed by atoms with van der Waals surface area (Å²) >= 11 is 5.70. The summed E-state index contributed by atoms with van der Waals surface area (Å²) in [4.78, 5) is 10.7. The maximum absolute atomic E-state index is 10.7. The number of esters is 1. The second-order valence-corrected chi connectivity index (χ2v) is 2.76. The Hall–Kier alpha value is -1.22. The van der Waals surface area contributed by atoms with Crippen LogP contribution >= 0.6 is 11.6 Å². The summed E-state index contributed by atoms with van der Waals surface area (Å²) in [5.74, 6) is 0.137. The summed E-state index contributed by atoms with van der Waals surface area (Å²) in [7, 11) is 1.31. The van der Waals surface area contributed by atoms with E-state index < -0.39 is 5.97 Å². The van der Waals surface area contributed by atoms with Gasteiger partial charge < -0.3 is 9.47 Å². The van der Waals surface area contributed by atoms with Crippen molar-refractivity contribution < 1.29 is 14.3 Å². The van der Waals surface area contributed by atoms with E-state index in [9.17, 15) is 4.79 Å². The smallest absolute Gasteiger partial charge is 0.343 e. The molecule has 0 bridgehead atoms. The van der Waals surface area contributed by atoms with Gasteiger partial charge in [0.25, 0.3) is 0 Å². The van der Waals surface area contributed by atoms with Gasteiger partial charge in [0.1, 0.15) is 5.75 Å². The van der Waals surface area contributed by atoms with Gasteiger partial charge in [0, 0.05) is 5.02 Å². The van der Waals surface area contributed by atoms with Crippen LogP contribution in [0.15, 0.2) is 24.3 Å². The van der Waals surface area contributed by atoms with Crippen LogP contribution in [0.25, 0.3) is 0 Å². The Morgan fingerprint density at radius 3 is 2.92 bits per heavy atom. The Balaban J connectivity index is 2.50. The molecule has 0 aliphatic heterocycles. The minimum absolute atomic E-state index is 0.100. The van der Waals surface area contributed by atoms with Crippen molar-refractivity contribution in [2.45, 2.75) is 0 Å². The second-order valence-electron chi connectivity index (χ2n) is 2.32. The Morgan fingerprint density at radius 2 is 2.31 bits per heavy atom. The molecule has 0 N–H and O–H groups in total. The minimum Gasteiger partial charge on any atom is -0.482 e. The molecule has 0 radical (unpaired) electrons. The number of carbonyl (C=O) groups excluding carboxylic acids is 1. The maximum Gasteiger partial charge on any atom is 0.343 e. The van der Waals surface area contributed by atoms with Crippen LogP contribution in [0, 0.1) is 0 Å². The first-order chi connectivity index (χ1) is 6.22. The predicted octanol–water partition coefficient (Wildman–Crippen LogP) is 1.89. The van der Waals surface area contributed by atoms with Crippen molar-refractivity contribution in [2.75, 3.05) is 13.7 Å². The molecule has 0 spiro atoms. The molecule has 1 rings (SSSR count). The Morgan fingerprint density at radius 1 is 1.54 bits per heavy atom. The summed E-state index contributed by atoms with van der Waals surface area (Å²) in [6, 6.07) is 6.82. The van der Waals surface area contributed by atoms with Crippen LogP contribution in [0.5, 0.6) is 5.75 Å². The summed E-state index contributed by atoms with van der Waals surface area (Å²) in [6.45, 7) is -0.100. The van der Waals surface area contributed by atoms with E-state index in [4.69, 9.17) is 16.3 Å². The zero-order valence-corrected chi connectivity index (χ0v) is 7.88. The highest BCUT2D eigenvalue weighted by Gasteiger charge is 2.01. The van der Waals surface area contributed by atoms with Crippen molar-refractivity contribution in [1.29, 1.82) is 0 Å². The highest BCUT2D eigenvalue weighted by atomic mass is 35.5. The first kappa shape index (κ1) is 9.86. The Kier molecular flexibility index (Phi) is 3.58. The van der Waals surface area contributed by atoms with Gasteiger partial charge in [-0.15, -0.1) is 0 Å². The van der Waals surface area contributed by atoms with Gasteiger partial charge in [-0.1, -0.05) is 17.7 Å². The van der Waals surface area contributed by atoms with Gasteiger partial charge in [-0.05, 0) is 18.2 Å². The van der Waals surface area contributed by atoms with Gasteiger partial charge in [-0.2, -0.15) is 0 Å². The zero-order chi connectivity index (χ0) is 9.68. The fourth-order valence-corrected chi connectivity index (χ4v) is 0.938. The summed E-state index contributed by atoms with van der Waals surface area (Å²) in [5.41, 5.74) is 0. The molecule has 0 aromatic heterocycles. The van der Waals surface area contributed by atoms with Gasteiger partial charge in [0.2, 0.25) is 0 Å². The number of rotatable bonds is 3. The zero-order valence-electron chi connectivity index (χ0n) is 7.12. The average molecular weight is 201 g/mol. The van der Waals surface area contributed by atoms with Crippen LogP contribution in [-0.2, 0) is 9.53 Å². The molecule has 0 aliphatic rings. The van der Waals surface area contributed by atoms with E-state index in [0.29, 0.717) is 10.8 Å². The molecule has 3 nitrogen and oxygen atoms in total. The van der Waals surface area contributed by atoms with Crippen molar-refractivity contribution >= 4 is 17.6 Å². The average Bonchev–Trinajstić information content (AvgIpc) is 2.14. The fraction of sp³-hybridized carbons (Fsp3) is 0.222. The lowest BCUT2D eigenvalue weighted by Gasteiger charge is -2.03. The highest BCUT2D eigenvalue weighted by Crippen LogP contribution is 2.16. The standard InChI is InChI=1S/C9H9ClO3/c1-12-9(11)6-13-8-4-2-3-7(10)5-8/h2-5H,6H2,1H3. The molecule has 0 aliphatic carbocycles. The monoisotopic (exact) mass is 200 g/mol. The molecule has 0 heterocycles. The molecule has 4 heteroatoms. The number of hydrogen-bond acceptors (Lipinski definition) is 3. The lowest BCUT2D eigenvalue weighted by atomic mass is 10.3. The number of carbonyl (C=O) groups is 1. The van der Waals surface area contributed by atoms with E-state index in [0.717, 1.165) is 0 Å². The molecule has 0 atom stereocenters. The van der Waals surface area contributed by atoms with Crippen LogP contribution in [-0.4, -0.2) is 19.7 Å². The van der Waals surface area contributed by atoms with Crippen molar-refractivity contribution in [2.24, 2.45) is 0 Å². The normalized spacial score (nSPS) is 9.38. The second kappa shape index (κ2) is 4.72. The van der Waals surface area contributed by atoms with Crippen molar-refractivity contribution in [1.82, 2.24) is 0 Å². The molecule has 0 saturated carbocycles. The van der Waals surface area contributed by atoms with Crippen LogP contribution < -0.4 is 4.74 Å². The number of ether oxygens (including phenoxy) is 2. The highest BCUT2D eigenvalue weighted by molar-refractivity contribution is 6.30. The maximum atomic E-state index is 10.7. The van der Waals surface area contributed by atoms with Gasteiger partial charge in [-0.3, -0.25) is 0 Å². The molecule has 0 unspecified atom stereocenters. The first-order valence-corrected chi connectivity index (χ1v) is 4.05. The third kappa shape index (κ3) is 3.34. The summed E-state index contributed by atoms with van der Waals surface area (Å²) < 4.78 is 9.49. The Bertz CT molecular complexity index is 299. The lowest BCUT2D eigenvalue weighted by Crippen LogP contribution is -2.12. The minimum atomic E-state index is -0.417. The molecular weight excluding hydrogens is 192 g/mol. The molecule has 0 saturated heterocycles. The van der Waals surface area contributed by atoms with Gasteiger partial charge in [0.05, 0.1) is 7.11 Å². The largest absolute Gasteiger partial charge is 0.482 e. The molecule has 0 amide bonds. The third-order valence-corrected chi connectivity index (χ3v) is 1.62. The number of hydrogen-bond donors (Lipinski definition) is 0. The number of methoxy groups -OCH3 is 1. The predicted molar refractivity (Wildman–Crippen MR) is 49.0 cm³/mol. The summed E-state index contributed by atoms with van der Waals surface area (Å²) in [6.07, 6.45) is 0. The van der Waals surface area contributed by atoms with E-state index in [-0.39, 0.29) is 6.61 Å². The van der Waals surface area contributed by atoms with Crippen LogP contribution in [0.2, 0.25) is 5.02 Å². The van der Waals surface area contributed by atoms with E-state index in [1.165, 1.54) is 7.11 Å². The molecule has 1 aromatic carbocycles. The van der Waals surface area contributed by atoms with Crippen molar-refractivity contribution in [3.05, 3.63) is 29.3 Å². The van der Waals surface area contributed by atoms with Crippen LogP contribution in [0.3, 0.4) is 0 Å². The van der Waals surface area contributed by atoms with E-state index in [1.807, 2.05) is 0 Å². The molecule has 70 valence electrons. The quantitative estimate of drug-likeness (QED) is 0.699. The fourth-order valence-electron chi connectivity index (χ4n) is 0.758. The topological polar surface area (TPSA) is 35.5 Å². The number of benzene rings is 1. The third-order valence-electron chi connectivity index (χ3n) is 1.38. The van der Waals surface area contributed by atoms with Crippen molar-refractivity contribution in [3.63, 3.8) is 0 Å². The van der Waals surface area contributed by atoms with E-state index >= 15 is 0 Å². The molecule has 0 fully saturated rings. The SMILES string of the molecule is COC(=O)COc1cccc(Cl)c1. The first-order valence-electron chi connectivity index (χ1n) is 3.67. The summed E-state index contributed by atoms with van der Waals surface area (Å²) in [5, 5.41) is 0.572. The number of halogens is 1. The molecular formula is C9H9ClO3. The Labute approximate surface area is 81.2 Å². The molecule has 1 aromatic rings. The van der Waals surface area contributed by atoms with Gasteiger partial charge in [0.15, 0.2) is 6.61 Å². The lowest BCUT2D eigenvalue weighted by molar-refractivity contribution is -0.142. The van der Waals surface area contributed by atoms with Crippen LogP contribution in [0.1, 0.15) is 0 Å². The van der Waals surface area contributed by atoms with E-state index in [2.05, 4.69) is 4.74 Å². The van der Waals surface area contributed by atoms with Crippen LogP contribution in [0.4, 0.5) is 0 Å². The van der Waals surface area contributed by atoms with Gasteiger partial charge >= 0.3 is 5.97 Å².